The van der Waals surface area contributed by atoms with Crippen LogP contribution in [0.2, 0.25) is 0 Å². The Morgan fingerprint density at radius 1 is 0.893 bits per heavy atom. The number of rotatable bonds is 2. The van der Waals surface area contributed by atoms with E-state index in [1.54, 1.807) is 24.3 Å². The molecule has 0 aliphatic carbocycles. The van der Waals surface area contributed by atoms with Crippen molar-refractivity contribution >= 4 is 60.1 Å². The molecule has 1 amide bonds. The van der Waals surface area contributed by atoms with Gasteiger partial charge in [-0.3, -0.25) is 4.79 Å². The predicted molar refractivity (Wildman–Crippen MR) is 117 cm³/mol. The second-order valence-electron chi connectivity index (χ2n) is 6.71. The van der Waals surface area contributed by atoms with Crippen LogP contribution in [0.3, 0.4) is 0 Å². The zero-order valence-electron chi connectivity index (χ0n) is 14.7. The van der Waals surface area contributed by atoms with Crippen LogP contribution in [-0.4, -0.2) is 16.0 Å². The number of phenols is 1. The van der Waals surface area contributed by atoms with Gasteiger partial charge in [-0.25, -0.2) is 0 Å². The van der Waals surface area contributed by atoms with Crippen LogP contribution in [0.15, 0.2) is 77.3 Å². The number of benzene rings is 4. The minimum atomic E-state index is -0.349. The molecule has 0 radical (unpaired) electrons. The van der Waals surface area contributed by atoms with Gasteiger partial charge in [-0.15, -0.1) is 0 Å². The number of nitrogens with one attached hydrogen (secondary N) is 2. The Balaban J connectivity index is 1.62. The number of phenolic OH excluding ortho intramolecular Hbond substituents is 1. The number of anilines is 1. The zero-order valence-corrected chi connectivity index (χ0v) is 16.2. The van der Waals surface area contributed by atoms with Crippen molar-refractivity contribution < 1.29 is 9.90 Å². The molecule has 4 nitrogen and oxygen atoms in total. The van der Waals surface area contributed by atoms with Crippen molar-refractivity contribution in [2.24, 2.45) is 0 Å². The average Bonchev–Trinajstić information content (AvgIpc) is 3.08. The Morgan fingerprint density at radius 2 is 1.68 bits per heavy atom. The van der Waals surface area contributed by atoms with Gasteiger partial charge in [0, 0.05) is 31.8 Å². The number of carbonyl (C=O) groups is 1. The van der Waals surface area contributed by atoms with Crippen LogP contribution in [-0.2, 0) is 0 Å². The molecule has 28 heavy (non-hydrogen) atoms. The Morgan fingerprint density at radius 3 is 2.50 bits per heavy atom. The van der Waals surface area contributed by atoms with Crippen molar-refractivity contribution in [3.63, 3.8) is 0 Å². The predicted octanol–water partition coefficient (Wildman–Crippen LogP) is 6.19. The number of halogens is 1. The number of fused-ring (bicyclic) bond motifs is 5. The number of H-pyrrole nitrogens is 1. The molecule has 0 saturated carbocycles. The number of hydrogen-bond acceptors (Lipinski definition) is 2. The first-order valence-electron chi connectivity index (χ1n) is 8.83. The van der Waals surface area contributed by atoms with Gasteiger partial charge in [-0.1, -0.05) is 46.3 Å². The van der Waals surface area contributed by atoms with Crippen LogP contribution in [0.25, 0.3) is 32.6 Å². The van der Waals surface area contributed by atoms with Gasteiger partial charge >= 0.3 is 0 Å². The number of aromatic nitrogens is 1. The average molecular weight is 431 g/mol. The first-order valence-corrected chi connectivity index (χ1v) is 9.62. The van der Waals surface area contributed by atoms with E-state index in [0.29, 0.717) is 5.69 Å². The first-order chi connectivity index (χ1) is 13.6. The summed E-state index contributed by atoms with van der Waals surface area (Å²) in [6.07, 6.45) is 0. The number of amides is 1. The van der Waals surface area contributed by atoms with Crippen molar-refractivity contribution in [3.8, 4) is 5.75 Å². The Kier molecular flexibility index (Phi) is 3.84. The van der Waals surface area contributed by atoms with Gasteiger partial charge in [0.05, 0.1) is 11.1 Å². The van der Waals surface area contributed by atoms with E-state index in [-0.39, 0.29) is 17.2 Å². The zero-order chi connectivity index (χ0) is 19.3. The van der Waals surface area contributed by atoms with E-state index >= 15 is 0 Å². The highest BCUT2D eigenvalue weighted by atomic mass is 79.9. The van der Waals surface area contributed by atoms with Gasteiger partial charge in [-0.2, -0.15) is 0 Å². The maximum Gasteiger partial charge on any atom is 0.259 e. The van der Waals surface area contributed by atoms with E-state index in [4.69, 9.17) is 0 Å². The van der Waals surface area contributed by atoms with E-state index in [9.17, 15) is 9.90 Å². The van der Waals surface area contributed by atoms with Gasteiger partial charge in [0.25, 0.3) is 5.91 Å². The minimum absolute atomic E-state index is 0.0479. The van der Waals surface area contributed by atoms with E-state index in [0.717, 1.165) is 37.1 Å². The third-order valence-corrected chi connectivity index (χ3v) is 5.49. The molecule has 1 heterocycles. The highest BCUT2D eigenvalue weighted by Crippen LogP contribution is 2.34. The number of aromatic hydroxyl groups is 1. The van der Waals surface area contributed by atoms with Gasteiger partial charge in [0.2, 0.25) is 0 Å². The van der Waals surface area contributed by atoms with Crippen LogP contribution in [0.4, 0.5) is 5.69 Å². The highest BCUT2D eigenvalue weighted by molar-refractivity contribution is 9.10. The molecule has 5 aromatic rings. The van der Waals surface area contributed by atoms with Crippen LogP contribution in [0, 0.1) is 0 Å². The molecule has 0 unspecified atom stereocenters. The molecule has 1 aromatic heterocycles. The van der Waals surface area contributed by atoms with E-state index in [1.807, 2.05) is 42.5 Å². The lowest BCUT2D eigenvalue weighted by Gasteiger charge is -2.09. The fourth-order valence-corrected chi connectivity index (χ4v) is 3.86. The molecule has 5 rings (SSSR count). The van der Waals surface area contributed by atoms with Crippen molar-refractivity contribution in [1.82, 2.24) is 4.98 Å². The summed E-state index contributed by atoms with van der Waals surface area (Å²) >= 11 is 3.37. The molecule has 0 bridgehead atoms. The van der Waals surface area contributed by atoms with E-state index in [2.05, 4.69) is 32.3 Å². The number of para-hydroxylation sites is 1. The number of hydrogen-bond donors (Lipinski definition) is 3. The number of aromatic amines is 1. The number of carbonyl (C=O) groups excluding carboxylic acids is 1. The normalized spacial score (nSPS) is 11.3. The summed E-state index contributed by atoms with van der Waals surface area (Å²) in [7, 11) is 0. The molecule has 5 heteroatoms. The summed E-state index contributed by atoms with van der Waals surface area (Å²) in [5.74, 6) is -0.397. The van der Waals surface area contributed by atoms with Gasteiger partial charge in [0.15, 0.2) is 0 Å². The fraction of sp³-hybridized carbons (Fsp3) is 0. The molecular formula is C23H15BrN2O2. The third kappa shape index (κ3) is 2.72. The second kappa shape index (κ2) is 6.39. The van der Waals surface area contributed by atoms with Crippen LogP contribution in [0.1, 0.15) is 10.4 Å². The van der Waals surface area contributed by atoms with Crippen LogP contribution in [0.5, 0.6) is 5.75 Å². The molecule has 0 atom stereocenters. The molecule has 136 valence electrons. The van der Waals surface area contributed by atoms with Crippen molar-refractivity contribution in [1.29, 1.82) is 0 Å². The molecule has 0 fully saturated rings. The van der Waals surface area contributed by atoms with Crippen LogP contribution < -0.4 is 5.32 Å². The topological polar surface area (TPSA) is 65.1 Å². The molecule has 0 aliphatic rings. The summed E-state index contributed by atoms with van der Waals surface area (Å²) in [5, 5.41) is 17.4. The summed E-state index contributed by atoms with van der Waals surface area (Å²) in [6.45, 7) is 0. The van der Waals surface area contributed by atoms with Gasteiger partial charge < -0.3 is 15.4 Å². The van der Waals surface area contributed by atoms with E-state index in [1.165, 1.54) is 0 Å². The summed E-state index contributed by atoms with van der Waals surface area (Å²) in [6, 6.07) is 22.8. The largest absolute Gasteiger partial charge is 0.507 e. The quantitative estimate of drug-likeness (QED) is 0.312. The van der Waals surface area contributed by atoms with Crippen molar-refractivity contribution in [2.45, 2.75) is 0 Å². The maximum atomic E-state index is 12.7. The summed E-state index contributed by atoms with van der Waals surface area (Å²) < 4.78 is 0.932. The monoisotopic (exact) mass is 430 g/mol. The van der Waals surface area contributed by atoms with Crippen molar-refractivity contribution in [3.05, 3.63) is 82.8 Å². The second-order valence-corrected chi connectivity index (χ2v) is 7.63. The van der Waals surface area contributed by atoms with Gasteiger partial charge in [0.1, 0.15) is 5.75 Å². The molecule has 0 saturated heterocycles. The molecule has 3 N–H and O–H groups in total. The lowest BCUT2D eigenvalue weighted by molar-refractivity contribution is 0.102. The highest BCUT2D eigenvalue weighted by Gasteiger charge is 2.15. The maximum absolute atomic E-state index is 12.7. The summed E-state index contributed by atoms with van der Waals surface area (Å²) in [5.41, 5.74) is 2.90. The third-order valence-electron chi connectivity index (χ3n) is 4.96. The standard InChI is InChI=1S/C23H15BrN2O2/c24-14-6-8-15(9-7-14)25-23(28)19-11-13-5-10-17-16-3-1-2-4-20(16)26-22(17)18(13)12-21(19)27/h1-12,26-27H,(H,25,28). The minimum Gasteiger partial charge on any atom is -0.507 e. The van der Waals surface area contributed by atoms with Crippen LogP contribution >= 0.6 is 15.9 Å². The molecule has 0 spiro atoms. The smallest absolute Gasteiger partial charge is 0.259 e. The summed E-state index contributed by atoms with van der Waals surface area (Å²) in [4.78, 5) is 16.1. The SMILES string of the molecule is O=C(Nc1ccc(Br)cc1)c1cc2ccc3c4ccccc4[nH]c3c2cc1O. The van der Waals surface area contributed by atoms with E-state index < -0.39 is 0 Å². The molecule has 0 aliphatic heterocycles. The Labute approximate surface area is 168 Å². The van der Waals surface area contributed by atoms with Gasteiger partial charge in [-0.05, 0) is 47.9 Å². The fourth-order valence-electron chi connectivity index (χ4n) is 3.60. The Bertz CT molecular complexity index is 1370. The molecule has 4 aromatic carbocycles. The first kappa shape index (κ1) is 16.8. The van der Waals surface area contributed by atoms with Crippen molar-refractivity contribution in [2.75, 3.05) is 5.32 Å². The Hall–Kier alpha value is -3.31. The lowest BCUT2D eigenvalue weighted by Crippen LogP contribution is -2.12. The molecular weight excluding hydrogens is 416 g/mol. The lowest BCUT2D eigenvalue weighted by atomic mass is 10.0.